The smallest absolute Gasteiger partial charge is 0.315 e. The van der Waals surface area contributed by atoms with Gasteiger partial charge in [-0.05, 0) is 18.2 Å². The van der Waals surface area contributed by atoms with E-state index in [0.717, 1.165) is 0 Å². The summed E-state index contributed by atoms with van der Waals surface area (Å²) < 4.78 is 15.7. The molecule has 22 heavy (non-hydrogen) atoms. The summed E-state index contributed by atoms with van der Waals surface area (Å²) in [7, 11) is 0. The third-order valence-electron chi connectivity index (χ3n) is 3.69. The first-order valence-electron chi connectivity index (χ1n) is 6.80. The number of aliphatic hydroxyl groups excluding tert-OH is 4. The third-order valence-corrected chi connectivity index (χ3v) is 3.69. The van der Waals surface area contributed by atoms with Gasteiger partial charge in [0.15, 0.2) is 0 Å². The maximum absolute atomic E-state index is 11.2. The third kappa shape index (κ3) is 2.67. The van der Waals surface area contributed by atoms with Crippen molar-refractivity contribution in [3.63, 3.8) is 0 Å². The van der Waals surface area contributed by atoms with Crippen LogP contribution in [0.25, 0.3) is 0 Å². The fraction of sp³-hybridized carbons (Fsp3) is 0.500. The molecule has 0 spiro atoms. The molecule has 0 amide bonds. The van der Waals surface area contributed by atoms with Crippen LogP contribution in [0, 0.1) is 0 Å². The fourth-order valence-electron chi connectivity index (χ4n) is 2.48. The Labute approximate surface area is 125 Å². The van der Waals surface area contributed by atoms with Crippen molar-refractivity contribution in [3.05, 3.63) is 23.8 Å². The van der Waals surface area contributed by atoms with Crippen LogP contribution in [0.15, 0.2) is 18.2 Å². The van der Waals surface area contributed by atoms with Gasteiger partial charge < -0.3 is 34.6 Å². The van der Waals surface area contributed by atoms with Crippen LogP contribution in [0.4, 0.5) is 0 Å². The summed E-state index contributed by atoms with van der Waals surface area (Å²) in [5.41, 5.74) is 0.645. The second-order valence-electron chi connectivity index (χ2n) is 5.24. The zero-order chi connectivity index (χ0) is 15.9. The van der Waals surface area contributed by atoms with E-state index in [1.807, 2.05) is 0 Å². The Bertz CT molecular complexity index is 572. The van der Waals surface area contributed by atoms with E-state index in [1.165, 1.54) is 6.07 Å². The topological polar surface area (TPSA) is 126 Å². The van der Waals surface area contributed by atoms with E-state index >= 15 is 0 Å². The van der Waals surface area contributed by atoms with E-state index in [4.69, 9.17) is 19.3 Å². The van der Waals surface area contributed by atoms with Crippen LogP contribution in [0.2, 0.25) is 0 Å². The summed E-state index contributed by atoms with van der Waals surface area (Å²) in [6.45, 7) is -0.530. The largest absolute Gasteiger partial charge is 0.462 e. The highest BCUT2D eigenvalue weighted by atomic mass is 16.7. The van der Waals surface area contributed by atoms with Gasteiger partial charge in [0.1, 0.15) is 35.9 Å². The molecule has 5 unspecified atom stereocenters. The first-order chi connectivity index (χ1) is 10.5. The van der Waals surface area contributed by atoms with Crippen molar-refractivity contribution in [2.75, 3.05) is 6.61 Å². The fourth-order valence-corrected chi connectivity index (χ4v) is 2.48. The minimum Gasteiger partial charge on any atom is -0.462 e. The molecule has 4 N–H and O–H groups in total. The molecule has 8 heteroatoms. The molecular formula is C14H16O8. The van der Waals surface area contributed by atoms with Gasteiger partial charge in [-0.3, -0.25) is 4.79 Å². The van der Waals surface area contributed by atoms with Gasteiger partial charge in [0, 0.05) is 5.56 Å². The summed E-state index contributed by atoms with van der Waals surface area (Å²) in [6, 6.07) is 4.65. The maximum Gasteiger partial charge on any atom is 0.315 e. The number of ether oxygens (including phenoxy) is 3. The molecule has 2 aliphatic rings. The van der Waals surface area contributed by atoms with Gasteiger partial charge in [-0.25, -0.2) is 0 Å². The summed E-state index contributed by atoms with van der Waals surface area (Å²) in [5.74, 6) is 0.396. The van der Waals surface area contributed by atoms with Gasteiger partial charge in [0.25, 0.3) is 0 Å². The highest BCUT2D eigenvalue weighted by Crippen LogP contribution is 2.31. The number of benzene rings is 1. The van der Waals surface area contributed by atoms with Crippen LogP contribution in [0.3, 0.4) is 0 Å². The molecule has 1 aromatic carbocycles. The number of hydrogen-bond donors (Lipinski definition) is 4. The first kappa shape index (κ1) is 15.2. The Morgan fingerprint density at radius 2 is 1.95 bits per heavy atom. The zero-order valence-electron chi connectivity index (χ0n) is 11.5. The second-order valence-corrected chi connectivity index (χ2v) is 5.24. The zero-order valence-corrected chi connectivity index (χ0v) is 11.5. The molecule has 2 heterocycles. The molecule has 3 rings (SSSR count). The molecule has 5 atom stereocenters. The molecule has 0 saturated carbocycles. The van der Waals surface area contributed by atoms with Crippen molar-refractivity contribution in [1.82, 2.24) is 0 Å². The van der Waals surface area contributed by atoms with E-state index < -0.39 is 37.3 Å². The van der Waals surface area contributed by atoms with Crippen LogP contribution >= 0.6 is 0 Å². The van der Waals surface area contributed by atoms with Crippen LogP contribution in [-0.4, -0.2) is 63.7 Å². The van der Waals surface area contributed by atoms with Crippen LogP contribution in [-0.2, 0) is 16.0 Å². The van der Waals surface area contributed by atoms with Crippen molar-refractivity contribution in [1.29, 1.82) is 0 Å². The van der Waals surface area contributed by atoms with Gasteiger partial charge in [-0.15, -0.1) is 0 Å². The summed E-state index contributed by atoms with van der Waals surface area (Å²) >= 11 is 0. The van der Waals surface area contributed by atoms with Crippen molar-refractivity contribution in [2.45, 2.75) is 37.1 Å². The number of aliphatic hydroxyl groups is 4. The Morgan fingerprint density at radius 1 is 1.18 bits per heavy atom. The molecule has 1 aromatic rings. The standard InChI is InChI=1S/C14H16O8/c15-5-9-11(17)12(18)13(19)14(22-9)20-7-1-2-8-6(3-7)4-10(16)21-8/h1-3,9,11-15,17-19H,4-5H2. The summed E-state index contributed by atoms with van der Waals surface area (Å²) in [6.07, 6.45) is -6.60. The number of carbonyl (C=O) groups excluding carboxylic acids is 1. The molecule has 8 nitrogen and oxygen atoms in total. The average molecular weight is 312 g/mol. The number of rotatable bonds is 3. The average Bonchev–Trinajstić information content (AvgIpc) is 2.87. The first-order valence-corrected chi connectivity index (χ1v) is 6.80. The minimum absolute atomic E-state index is 0.126. The van der Waals surface area contributed by atoms with E-state index in [2.05, 4.69) is 0 Å². The Balaban J connectivity index is 1.75. The lowest BCUT2D eigenvalue weighted by molar-refractivity contribution is -0.277. The van der Waals surface area contributed by atoms with Crippen molar-refractivity contribution >= 4 is 5.97 Å². The lowest BCUT2D eigenvalue weighted by Crippen LogP contribution is -2.60. The highest BCUT2D eigenvalue weighted by Gasteiger charge is 2.44. The molecule has 1 saturated heterocycles. The van der Waals surface area contributed by atoms with Crippen molar-refractivity contribution in [2.24, 2.45) is 0 Å². The van der Waals surface area contributed by atoms with E-state index in [9.17, 15) is 20.1 Å². The number of carbonyl (C=O) groups is 1. The molecule has 0 aromatic heterocycles. The van der Waals surface area contributed by atoms with Crippen LogP contribution < -0.4 is 9.47 Å². The monoisotopic (exact) mass is 312 g/mol. The lowest BCUT2D eigenvalue weighted by atomic mass is 9.99. The second kappa shape index (κ2) is 5.82. The number of esters is 1. The molecule has 0 aliphatic carbocycles. The Kier molecular flexibility index (Phi) is 4.02. The summed E-state index contributed by atoms with van der Waals surface area (Å²) in [4.78, 5) is 11.2. The normalized spacial score (nSPS) is 34.2. The van der Waals surface area contributed by atoms with Gasteiger partial charge in [0.05, 0.1) is 13.0 Å². The molecular weight excluding hydrogens is 296 g/mol. The summed E-state index contributed by atoms with van der Waals surface area (Å²) in [5, 5.41) is 38.4. The van der Waals surface area contributed by atoms with Gasteiger partial charge in [-0.1, -0.05) is 0 Å². The Hall–Kier alpha value is -1.71. The van der Waals surface area contributed by atoms with E-state index in [1.54, 1.807) is 12.1 Å². The van der Waals surface area contributed by atoms with Crippen LogP contribution in [0.5, 0.6) is 11.5 Å². The molecule has 0 bridgehead atoms. The molecule has 120 valence electrons. The SMILES string of the molecule is O=C1Cc2cc(OC3OC(CO)C(O)C(O)C3O)ccc2O1. The van der Waals surface area contributed by atoms with Crippen LogP contribution in [0.1, 0.15) is 5.56 Å². The molecule has 0 radical (unpaired) electrons. The number of fused-ring (bicyclic) bond motifs is 1. The molecule has 1 fully saturated rings. The highest BCUT2D eigenvalue weighted by molar-refractivity contribution is 5.81. The predicted octanol–water partition coefficient (Wildman–Crippen LogP) is -1.67. The quantitative estimate of drug-likeness (QED) is 0.385. The lowest BCUT2D eigenvalue weighted by Gasteiger charge is -2.39. The predicted molar refractivity (Wildman–Crippen MR) is 70.2 cm³/mol. The van der Waals surface area contributed by atoms with E-state index in [0.29, 0.717) is 17.1 Å². The van der Waals surface area contributed by atoms with Gasteiger partial charge in [0.2, 0.25) is 6.29 Å². The van der Waals surface area contributed by atoms with Crippen molar-refractivity contribution in [3.8, 4) is 11.5 Å². The number of hydrogen-bond acceptors (Lipinski definition) is 8. The molecule has 2 aliphatic heterocycles. The van der Waals surface area contributed by atoms with Crippen molar-refractivity contribution < 1.29 is 39.4 Å². The van der Waals surface area contributed by atoms with Gasteiger partial charge >= 0.3 is 5.97 Å². The van der Waals surface area contributed by atoms with E-state index in [-0.39, 0.29) is 12.4 Å². The minimum atomic E-state index is -1.50. The van der Waals surface area contributed by atoms with Gasteiger partial charge in [-0.2, -0.15) is 0 Å². The maximum atomic E-state index is 11.2. The Morgan fingerprint density at radius 3 is 2.68 bits per heavy atom.